The summed E-state index contributed by atoms with van der Waals surface area (Å²) in [7, 11) is -0.527. The monoisotopic (exact) mass is 362 g/mol. The minimum absolute atomic E-state index is 0.179. The van der Waals surface area contributed by atoms with Crippen LogP contribution in [-0.4, -0.2) is 39.3 Å². The second kappa shape index (κ2) is 8.13. The van der Waals surface area contributed by atoms with Crippen LogP contribution in [0.1, 0.15) is 12.0 Å². The zero-order valence-electron chi connectivity index (χ0n) is 14.5. The number of carbonyl (C=O) groups excluding carboxylic acids is 1. The highest BCUT2D eigenvalue weighted by molar-refractivity contribution is 7.89. The van der Waals surface area contributed by atoms with Crippen LogP contribution in [0.2, 0.25) is 0 Å². The van der Waals surface area contributed by atoms with Crippen molar-refractivity contribution < 1.29 is 17.9 Å². The van der Waals surface area contributed by atoms with Gasteiger partial charge in [0.1, 0.15) is 5.75 Å². The predicted molar refractivity (Wildman–Crippen MR) is 97.2 cm³/mol. The molecule has 0 unspecified atom stereocenters. The summed E-state index contributed by atoms with van der Waals surface area (Å²) in [6, 6.07) is 13.7. The number of amides is 1. The second-order valence-electron chi connectivity index (χ2n) is 5.77. The van der Waals surface area contributed by atoms with Gasteiger partial charge in [-0.15, -0.1) is 0 Å². The summed E-state index contributed by atoms with van der Waals surface area (Å²) in [6.07, 6.45) is 0.200. The van der Waals surface area contributed by atoms with Crippen molar-refractivity contribution in [3.05, 3.63) is 54.1 Å². The molecule has 2 aromatic rings. The van der Waals surface area contributed by atoms with Crippen molar-refractivity contribution >= 4 is 21.6 Å². The number of rotatable bonds is 7. The molecule has 0 radical (unpaired) electrons. The Morgan fingerprint density at radius 2 is 1.80 bits per heavy atom. The van der Waals surface area contributed by atoms with Gasteiger partial charge < -0.3 is 10.1 Å². The topological polar surface area (TPSA) is 75.7 Å². The number of nitrogens with zero attached hydrogens (tertiary/aromatic N) is 1. The van der Waals surface area contributed by atoms with Gasteiger partial charge in [0.2, 0.25) is 15.9 Å². The summed E-state index contributed by atoms with van der Waals surface area (Å²) in [6.45, 7) is 2.24. The molecule has 0 heterocycles. The van der Waals surface area contributed by atoms with Crippen LogP contribution in [0, 0.1) is 6.92 Å². The first-order valence-electron chi connectivity index (χ1n) is 7.81. The Hall–Kier alpha value is -2.38. The van der Waals surface area contributed by atoms with E-state index in [2.05, 4.69) is 5.32 Å². The summed E-state index contributed by atoms with van der Waals surface area (Å²) in [5.41, 5.74) is 1.63. The average molecular weight is 362 g/mol. The average Bonchev–Trinajstić information content (AvgIpc) is 2.55. The molecule has 0 saturated heterocycles. The lowest BCUT2D eigenvalue weighted by atomic mass is 10.2. The number of anilines is 1. The first-order valence-corrected chi connectivity index (χ1v) is 9.25. The van der Waals surface area contributed by atoms with Gasteiger partial charge in [-0.1, -0.05) is 12.1 Å². The fourth-order valence-electron chi connectivity index (χ4n) is 2.11. The van der Waals surface area contributed by atoms with Gasteiger partial charge in [-0.05, 0) is 48.9 Å². The molecule has 7 heteroatoms. The van der Waals surface area contributed by atoms with Gasteiger partial charge in [-0.25, -0.2) is 12.7 Å². The number of hydrogen-bond donors (Lipinski definition) is 1. The Bertz CT molecular complexity index is 830. The molecule has 0 saturated carbocycles. The Labute approximate surface area is 148 Å². The molecule has 0 aromatic heterocycles. The van der Waals surface area contributed by atoms with Gasteiger partial charge in [-0.3, -0.25) is 4.79 Å². The Balaban J connectivity index is 1.86. The highest BCUT2D eigenvalue weighted by atomic mass is 32.2. The van der Waals surface area contributed by atoms with Crippen molar-refractivity contribution in [3.63, 3.8) is 0 Å². The molecule has 2 aromatic carbocycles. The van der Waals surface area contributed by atoms with Crippen LogP contribution in [0.3, 0.4) is 0 Å². The molecule has 0 atom stereocenters. The van der Waals surface area contributed by atoms with E-state index in [9.17, 15) is 13.2 Å². The number of carbonyl (C=O) groups is 1. The van der Waals surface area contributed by atoms with E-state index in [1.807, 2.05) is 31.2 Å². The minimum atomic E-state index is -3.47. The lowest BCUT2D eigenvalue weighted by Gasteiger charge is -2.12. The third-order valence-corrected chi connectivity index (χ3v) is 5.33. The largest absolute Gasteiger partial charge is 0.493 e. The van der Waals surface area contributed by atoms with Crippen LogP contribution in [-0.2, 0) is 14.8 Å². The summed E-state index contributed by atoms with van der Waals surface area (Å²) in [5, 5.41) is 2.72. The van der Waals surface area contributed by atoms with Crippen LogP contribution >= 0.6 is 0 Å². The van der Waals surface area contributed by atoms with Crippen molar-refractivity contribution in [2.45, 2.75) is 18.2 Å². The SMILES string of the molecule is Cc1cccc(OCCC(=O)Nc2ccc(S(=O)(=O)N(C)C)cc2)c1. The summed E-state index contributed by atoms with van der Waals surface area (Å²) < 4.78 is 30.7. The quantitative estimate of drug-likeness (QED) is 0.822. The fraction of sp³-hybridized carbons (Fsp3) is 0.278. The maximum absolute atomic E-state index is 12.0. The van der Waals surface area contributed by atoms with Crippen molar-refractivity contribution in [1.82, 2.24) is 4.31 Å². The van der Waals surface area contributed by atoms with Gasteiger partial charge in [-0.2, -0.15) is 0 Å². The standard InChI is InChI=1S/C18H22N2O4S/c1-14-5-4-6-16(13-14)24-12-11-18(21)19-15-7-9-17(10-8-15)25(22,23)20(2)3/h4-10,13H,11-12H2,1-3H3,(H,19,21). The van der Waals surface area contributed by atoms with Gasteiger partial charge >= 0.3 is 0 Å². The Morgan fingerprint density at radius 3 is 2.40 bits per heavy atom. The Morgan fingerprint density at radius 1 is 1.12 bits per heavy atom. The molecule has 1 amide bonds. The highest BCUT2D eigenvalue weighted by Crippen LogP contribution is 2.17. The first-order chi connectivity index (χ1) is 11.8. The van der Waals surface area contributed by atoms with Gasteiger partial charge in [0.05, 0.1) is 17.9 Å². The smallest absolute Gasteiger partial charge is 0.242 e. The number of ether oxygens (including phenoxy) is 1. The maximum Gasteiger partial charge on any atom is 0.242 e. The van der Waals surface area contributed by atoms with Crippen LogP contribution in [0.5, 0.6) is 5.75 Å². The van der Waals surface area contributed by atoms with Gasteiger partial charge in [0.15, 0.2) is 0 Å². The van der Waals surface area contributed by atoms with E-state index in [0.29, 0.717) is 5.69 Å². The van der Waals surface area contributed by atoms with E-state index in [4.69, 9.17) is 4.74 Å². The lowest BCUT2D eigenvalue weighted by molar-refractivity contribution is -0.116. The second-order valence-corrected chi connectivity index (χ2v) is 7.93. The molecular formula is C18H22N2O4S. The molecule has 6 nitrogen and oxygen atoms in total. The molecular weight excluding hydrogens is 340 g/mol. The zero-order valence-corrected chi connectivity index (χ0v) is 15.3. The normalized spacial score (nSPS) is 11.4. The van der Waals surface area contributed by atoms with E-state index in [-0.39, 0.29) is 23.8 Å². The van der Waals surface area contributed by atoms with Crippen LogP contribution in [0.15, 0.2) is 53.4 Å². The molecule has 0 aliphatic heterocycles. The molecule has 0 aliphatic carbocycles. The molecule has 25 heavy (non-hydrogen) atoms. The molecule has 2 rings (SSSR count). The zero-order chi connectivity index (χ0) is 18.4. The number of aryl methyl sites for hydroxylation is 1. The number of sulfonamides is 1. The number of benzene rings is 2. The van der Waals surface area contributed by atoms with E-state index in [1.165, 1.54) is 26.2 Å². The molecule has 0 spiro atoms. The third kappa shape index (κ3) is 5.30. The molecule has 1 N–H and O–H groups in total. The Kier molecular flexibility index (Phi) is 6.17. The summed E-state index contributed by atoms with van der Waals surface area (Å²) in [4.78, 5) is 12.1. The first kappa shape index (κ1) is 19.0. The van der Waals surface area contributed by atoms with E-state index >= 15 is 0 Å². The van der Waals surface area contributed by atoms with Gasteiger partial charge in [0.25, 0.3) is 0 Å². The predicted octanol–water partition coefficient (Wildman–Crippen LogP) is 2.65. The fourth-order valence-corrected chi connectivity index (χ4v) is 3.01. The molecule has 0 bridgehead atoms. The molecule has 0 fully saturated rings. The van der Waals surface area contributed by atoms with Crippen molar-refractivity contribution in [2.75, 3.05) is 26.0 Å². The summed E-state index contributed by atoms with van der Waals surface area (Å²) in [5.74, 6) is 0.530. The highest BCUT2D eigenvalue weighted by Gasteiger charge is 2.16. The van der Waals surface area contributed by atoms with Crippen LogP contribution < -0.4 is 10.1 Å². The van der Waals surface area contributed by atoms with Crippen molar-refractivity contribution in [3.8, 4) is 5.75 Å². The minimum Gasteiger partial charge on any atom is -0.493 e. The van der Waals surface area contributed by atoms with E-state index in [0.717, 1.165) is 15.6 Å². The number of nitrogens with one attached hydrogen (secondary N) is 1. The molecule has 0 aliphatic rings. The van der Waals surface area contributed by atoms with E-state index < -0.39 is 10.0 Å². The van der Waals surface area contributed by atoms with Crippen LogP contribution in [0.4, 0.5) is 5.69 Å². The van der Waals surface area contributed by atoms with Crippen molar-refractivity contribution in [1.29, 1.82) is 0 Å². The lowest BCUT2D eigenvalue weighted by Crippen LogP contribution is -2.22. The number of hydrogen-bond acceptors (Lipinski definition) is 4. The summed E-state index contributed by atoms with van der Waals surface area (Å²) >= 11 is 0. The van der Waals surface area contributed by atoms with Crippen molar-refractivity contribution in [2.24, 2.45) is 0 Å². The third-order valence-electron chi connectivity index (χ3n) is 3.50. The molecule has 134 valence electrons. The maximum atomic E-state index is 12.0. The van der Waals surface area contributed by atoms with Crippen LogP contribution in [0.25, 0.3) is 0 Å². The van der Waals surface area contributed by atoms with E-state index in [1.54, 1.807) is 12.1 Å². The van der Waals surface area contributed by atoms with Gasteiger partial charge in [0, 0.05) is 19.8 Å².